The van der Waals surface area contributed by atoms with E-state index < -0.39 is 0 Å². The Morgan fingerprint density at radius 3 is 2.79 bits per heavy atom. The van der Waals surface area contributed by atoms with Crippen LogP contribution in [-0.2, 0) is 6.42 Å². The first-order valence-corrected chi connectivity index (χ1v) is 6.49. The number of H-pyrrole nitrogens is 1. The number of aromatic amines is 1. The molecule has 3 aromatic rings. The molecular weight excluding hydrogens is 314 g/mol. The number of rotatable bonds is 2. The van der Waals surface area contributed by atoms with Crippen LogP contribution in [0.4, 0.5) is 8.78 Å². The van der Waals surface area contributed by atoms with Crippen LogP contribution in [0.15, 0.2) is 40.9 Å². The molecular formula is C14H9BrF2N2. The van der Waals surface area contributed by atoms with Crippen LogP contribution in [0.1, 0.15) is 11.4 Å². The molecule has 0 aliphatic heterocycles. The minimum atomic E-state index is -0.339. The van der Waals surface area contributed by atoms with E-state index in [9.17, 15) is 8.78 Å². The number of hydrogen-bond acceptors (Lipinski definition) is 1. The third-order valence-electron chi connectivity index (χ3n) is 2.83. The monoisotopic (exact) mass is 322 g/mol. The van der Waals surface area contributed by atoms with Crippen molar-refractivity contribution in [2.75, 3.05) is 0 Å². The molecule has 1 N–H and O–H groups in total. The Morgan fingerprint density at radius 2 is 2.00 bits per heavy atom. The van der Waals surface area contributed by atoms with Crippen molar-refractivity contribution >= 4 is 27.0 Å². The number of halogens is 3. The van der Waals surface area contributed by atoms with E-state index in [0.717, 1.165) is 5.56 Å². The minimum Gasteiger partial charge on any atom is -0.342 e. The molecule has 0 amide bonds. The molecule has 0 bridgehead atoms. The van der Waals surface area contributed by atoms with E-state index in [0.29, 0.717) is 27.8 Å². The van der Waals surface area contributed by atoms with Crippen molar-refractivity contribution in [1.82, 2.24) is 9.97 Å². The lowest BCUT2D eigenvalue weighted by Crippen LogP contribution is -1.91. The van der Waals surface area contributed by atoms with Gasteiger partial charge >= 0.3 is 0 Å². The lowest BCUT2D eigenvalue weighted by Gasteiger charge is -1.97. The number of nitrogens with one attached hydrogen (secondary N) is 1. The summed E-state index contributed by atoms with van der Waals surface area (Å²) in [5.74, 6) is 0.0638. The zero-order chi connectivity index (χ0) is 13.4. The van der Waals surface area contributed by atoms with E-state index in [1.165, 1.54) is 18.2 Å². The quantitative estimate of drug-likeness (QED) is 0.752. The van der Waals surface area contributed by atoms with Crippen LogP contribution in [0.3, 0.4) is 0 Å². The number of aromatic nitrogens is 2. The van der Waals surface area contributed by atoms with Gasteiger partial charge in [-0.3, -0.25) is 0 Å². The van der Waals surface area contributed by atoms with Crippen molar-refractivity contribution in [2.24, 2.45) is 0 Å². The van der Waals surface area contributed by atoms with Gasteiger partial charge in [0.25, 0.3) is 0 Å². The van der Waals surface area contributed by atoms with Gasteiger partial charge in [-0.2, -0.15) is 0 Å². The van der Waals surface area contributed by atoms with Crippen LogP contribution in [0.2, 0.25) is 0 Å². The Labute approximate surface area is 116 Å². The average molecular weight is 323 g/mol. The highest BCUT2D eigenvalue weighted by Gasteiger charge is 2.08. The van der Waals surface area contributed by atoms with Crippen LogP contribution < -0.4 is 0 Å². The molecule has 0 aliphatic rings. The summed E-state index contributed by atoms with van der Waals surface area (Å²) < 4.78 is 26.9. The van der Waals surface area contributed by atoms with Gasteiger partial charge in [0.15, 0.2) is 0 Å². The van der Waals surface area contributed by atoms with Crippen molar-refractivity contribution in [2.45, 2.75) is 6.42 Å². The van der Waals surface area contributed by atoms with Gasteiger partial charge in [-0.25, -0.2) is 13.8 Å². The van der Waals surface area contributed by atoms with E-state index in [4.69, 9.17) is 0 Å². The third kappa shape index (κ3) is 2.51. The van der Waals surface area contributed by atoms with E-state index in [-0.39, 0.29) is 11.6 Å². The maximum Gasteiger partial charge on any atom is 0.139 e. The van der Waals surface area contributed by atoms with Crippen molar-refractivity contribution in [1.29, 1.82) is 0 Å². The highest BCUT2D eigenvalue weighted by Crippen LogP contribution is 2.22. The summed E-state index contributed by atoms with van der Waals surface area (Å²) in [7, 11) is 0. The minimum absolute atomic E-state index is 0.276. The lowest BCUT2D eigenvalue weighted by atomic mass is 10.1. The van der Waals surface area contributed by atoms with Gasteiger partial charge in [0.1, 0.15) is 17.5 Å². The second-order valence-electron chi connectivity index (χ2n) is 4.27. The Kier molecular flexibility index (Phi) is 3.06. The Morgan fingerprint density at radius 1 is 1.16 bits per heavy atom. The van der Waals surface area contributed by atoms with Gasteiger partial charge in [0.2, 0.25) is 0 Å². The predicted octanol–water partition coefficient (Wildman–Crippen LogP) is 4.19. The molecule has 2 nitrogen and oxygen atoms in total. The molecule has 19 heavy (non-hydrogen) atoms. The predicted molar refractivity (Wildman–Crippen MR) is 73.0 cm³/mol. The maximum absolute atomic E-state index is 13.4. The second-order valence-corrected chi connectivity index (χ2v) is 5.13. The topological polar surface area (TPSA) is 28.7 Å². The van der Waals surface area contributed by atoms with Crippen LogP contribution in [0.25, 0.3) is 11.0 Å². The number of hydrogen-bond donors (Lipinski definition) is 1. The molecule has 0 fully saturated rings. The van der Waals surface area contributed by atoms with Gasteiger partial charge < -0.3 is 4.98 Å². The molecule has 3 rings (SSSR count). The molecule has 0 aliphatic carbocycles. The highest BCUT2D eigenvalue weighted by molar-refractivity contribution is 9.10. The fourth-order valence-electron chi connectivity index (χ4n) is 1.98. The lowest BCUT2D eigenvalue weighted by molar-refractivity contribution is 0.623. The fraction of sp³-hybridized carbons (Fsp3) is 0.0714. The highest BCUT2D eigenvalue weighted by atomic mass is 79.9. The summed E-state index contributed by atoms with van der Waals surface area (Å²) in [6, 6.07) is 9.35. The smallest absolute Gasteiger partial charge is 0.139 e. The second kappa shape index (κ2) is 4.74. The van der Waals surface area contributed by atoms with Crippen molar-refractivity contribution in [3.63, 3.8) is 0 Å². The summed E-state index contributed by atoms with van der Waals surface area (Å²) in [6.45, 7) is 0. The third-order valence-corrected chi connectivity index (χ3v) is 3.44. The van der Waals surface area contributed by atoms with Crippen LogP contribution >= 0.6 is 15.9 Å². The molecule has 0 saturated carbocycles. The molecule has 5 heteroatoms. The Hall–Kier alpha value is -1.75. The molecule has 0 saturated heterocycles. The van der Waals surface area contributed by atoms with Gasteiger partial charge in [0, 0.05) is 12.5 Å². The molecule has 0 spiro atoms. The number of imidazole rings is 1. The van der Waals surface area contributed by atoms with Gasteiger partial charge in [-0.05, 0) is 39.7 Å². The summed E-state index contributed by atoms with van der Waals surface area (Å²) in [5, 5.41) is 0. The summed E-state index contributed by atoms with van der Waals surface area (Å²) in [5.41, 5.74) is 2.13. The normalized spacial score (nSPS) is 11.1. The molecule has 96 valence electrons. The molecule has 2 aromatic carbocycles. The summed E-state index contributed by atoms with van der Waals surface area (Å²) in [6.07, 6.45) is 0.478. The fourth-order valence-corrected chi connectivity index (χ4v) is 2.31. The van der Waals surface area contributed by atoms with E-state index in [2.05, 4.69) is 25.9 Å². The number of nitrogens with zero attached hydrogens (tertiary/aromatic N) is 1. The van der Waals surface area contributed by atoms with Crippen LogP contribution in [-0.4, -0.2) is 9.97 Å². The zero-order valence-electron chi connectivity index (χ0n) is 9.75. The van der Waals surface area contributed by atoms with Gasteiger partial charge in [-0.15, -0.1) is 0 Å². The molecule has 1 heterocycles. The zero-order valence-corrected chi connectivity index (χ0v) is 11.3. The Balaban J connectivity index is 1.97. The first kappa shape index (κ1) is 12.3. The first-order valence-electron chi connectivity index (χ1n) is 5.70. The van der Waals surface area contributed by atoms with E-state index >= 15 is 0 Å². The van der Waals surface area contributed by atoms with E-state index in [1.54, 1.807) is 12.1 Å². The average Bonchev–Trinajstić information content (AvgIpc) is 2.71. The SMILES string of the molecule is Fc1cccc(Cc2nc3cc(Br)c(F)cc3[nH]2)c1. The standard InChI is InChI=1S/C14H9BrF2N2/c15-10-6-12-13(7-11(10)17)19-14(18-12)5-8-2-1-3-9(16)4-8/h1-4,6-7H,5H2,(H,18,19). The van der Waals surface area contributed by atoms with Gasteiger partial charge in [-0.1, -0.05) is 12.1 Å². The maximum atomic E-state index is 13.4. The first-order chi connectivity index (χ1) is 9.11. The Bertz CT molecular complexity index is 713. The molecule has 0 unspecified atom stereocenters. The van der Waals surface area contributed by atoms with E-state index in [1.807, 2.05) is 6.07 Å². The largest absolute Gasteiger partial charge is 0.342 e. The summed E-state index contributed by atoms with van der Waals surface area (Å²) in [4.78, 5) is 7.40. The van der Waals surface area contributed by atoms with Crippen molar-refractivity contribution < 1.29 is 8.78 Å². The molecule has 0 radical (unpaired) electrons. The number of benzene rings is 2. The van der Waals surface area contributed by atoms with Crippen LogP contribution in [0, 0.1) is 11.6 Å². The molecule has 1 aromatic heterocycles. The number of fused-ring (bicyclic) bond motifs is 1. The van der Waals surface area contributed by atoms with Crippen LogP contribution in [0.5, 0.6) is 0 Å². The molecule has 0 atom stereocenters. The summed E-state index contributed by atoms with van der Waals surface area (Å²) >= 11 is 3.12. The van der Waals surface area contributed by atoms with Crippen molar-refractivity contribution in [3.8, 4) is 0 Å². The van der Waals surface area contributed by atoms with Crippen molar-refractivity contribution in [3.05, 3.63) is 63.9 Å². The van der Waals surface area contributed by atoms with Gasteiger partial charge in [0.05, 0.1) is 15.5 Å².